The fourth-order valence-electron chi connectivity index (χ4n) is 4.95. The standard InChI is InChI=1S/C36H39ClFN3O4S/c1-5-27(4)39-36(43)34(22-28-11-7-6-8-12-28)40(23-29-13-9-10-14-33(29)38)35(42)24-41(31-18-15-25(2)26(3)21-31)46(44,45)32-19-16-30(37)17-20-32/h6-21,27,34H,5,22-24H2,1-4H3,(H,39,43)/t27-,34+/m0/s1. The third kappa shape index (κ3) is 8.53. The summed E-state index contributed by atoms with van der Waals surface area (Å²) in [5.41, 5.74) is 3.05. The first-order valence-electron chi connectivity index (χ1n) is 15.1. The van der Waals surface area contributed by atoms with Crippen LogP contribution in [0.3, 0.4) is 0 Å². The minimum absolute atomic E-state index is 0.0565. The lowest BCUT2D eigenvalue weighted by Gasteiger charge is -2.34. The molecule has 7 nitrogen and oxygen atoms in total. The number of amides is 2. The molecule has 4 rings (SSSR count). The first-order chi connectivity index (χ1) is 21.9. The van der Waals surface area contributed by atoms with Gasteiger partial charge >= 0.3 is 0 Å². The monoisotopic (exact) mass is 663 g/mol. The van der Waals surface area contributed by atoms with Crippen LogP contribution in [-0.2, 0) is 32.6 Å². The van der Waals surface area contributed by atoms with E-state index in [1.54, 1.807) is 36.4 Å². The molecule has 1 N–H and O–H groups in total. The summed E-state index contributed by atoms with van der Waals surface area (Å²) in [5.74, 6) is -1.62. The van der Waals surface area contributed by atoms with Crippen LogP contribution in [0.2, 0.25) is 5.02 Å². The van der Waals surface area contributed by atoms with E-state index in [1.807, 2.05) is 58.0 Å². The Morgan fingerprint density at radius 1 is 0.891 bits per heavy atom. The van der Waals surface area contributed by atoms with Crippen LogP contribution in [0.4, 0.5) is 10.1 Å². The Hall–Kier alpha value is -4.21. The van der Waals surface area contributed by atoms with Crippen molar-refractivity contribution in [2.75, 3.05) is 10.8 Å². The van der Waals surface area contributed by atoms with Crippen molar-refractivity contribution in [3.05, 3.63) is 130 Å². The second kappa shape index (κ2) is 15.4. The number of carbonyl (C=O) groups is 2. The van der Waals surface area contributed by atoms with E-state index in [-0.39, 0.29) is 35.2 Å². The number of nitrogens with zero attached hydrogens (tertiary/aromatic N) is 2. The number of aryl methyl sites for hydroxylation is 2. The SMILES string of the molecule is CC[C@H](C)NC(=O)[C@@H](Cc1ccccc1)N(Cc1ccccc1F)C(=O)CN(c1ccc(C)c(C)c1)S(=O)(=O)c1ccc(Cl)cc1. The highest BCUT2D eigenvalue weighted by atomic mass is 35.5. The Morgan fingerprint density at radius 3 is 2.17 bits per heavy atom. The summed E-state index contributed by atoms with van der Waals surface area (Å²) in [6.45, 7) is 6.67. The van der Waals surface area contributed by atoms with Crippen LogP contribution >= 0.6 is 11.6 Å². The molecule has 4 aromatic carbocycles. The number of nitrogens with one attached hydrogen (secondary N) is 1. The van der Waals surface area contributed by atoms with E-state index in [0.717, 1.165) is 21.0 Å². The van der Waals surface area contributed by atoms with Gasteiger partial charge < -0.3 is 10.2 Å². The predicted molar refractivity (Wildman–Crippen MR) is 181 cm³/mol. The summed E-state index contributed by atoms with van der Waals surface area (Å²) < 4.78 is 44.4. The molecule has 0 saturated heterocycles. The third-order valence-corrected chi connectivity index (χ3v) is 10.1. The van der Waals surface area contributed by atoms with E-state index >= 15 is 4.39 Å². The van der Waals surface area contributed by atoms with Crippen LogP contribution in [-0.4, -0.2) is 43.8 Å². The van der Waals surface area contributed by atoms with Crippen molar-refractivity contribution < 1.29 is 22.4 Å². The molecule has 4 aromatic rings. The molecule has 0 radical (unpaired) electrons. The number of anilines is 1. The van der Waals surface area contributed by atoms with Crippen LogP contribution in [0, 0.1) is 19.7 Å². The van der Waals surface area contributed by atoms with Gasteiger partial charge in [0.1, 0.15) is 18.4 Å². The smallest absolute Gasteiger partial charge is 0.264 e. The van der Waals surface area contributed by atoms with E-state index in [0.29, 0.717) is 11.4 Å². The van der Waals surface area contributed by atoms with Gasteiger partial charge in [-0.3, -0.25) is 13.9 Å². The predicted octanol–water partition coefficient (Wildman–Crippen LogP) is 6.85. The first kappa shape index (κ1) is 34.7. The van der Waals surface area contributed by atoms with Crippen molar-refractivity contribution in [3.8, 4) is 0 Å². The van der Waals surface area contributed by atoms with Gasteiger partial charge in [0.15, 0.2) is 0 Å². The highest BCUT2D eigenvalue weighted by Crippen LogP contribution is 2.28. The van der Waals surface area contributed by atoms with Gasteiger partial charge in [-0.15, -0.1) is 0 Å². The van der Waals surface area contributed by atoms with E-state index in [2.05, 4.69) is 5.32 Å². The number of halogens is 2. The van der Waals surface area contributed by atoms with Gasteiger partial charge in [0.25, 0.3) is 10.0 Å². The highest BCUT2D eigenvalue weighted by Gasteiger charge is 2.35. The maximum Gasteiger partial charge on any atom is 0.264 e. The molecule has 2 atom stereocenters. The lowest BCUT2D eigenvalue weighted by atomic mass is 10.0. The van der Waals surface area contributed by atoms with Gasteiger partial charge in [-0.1, -0.05) is 73.1 Å². The highest BCUT2D eigenvalue weighted by molar-refractivity contribution is 7.92. The molecule has 2 amide bonds. The summed E-state index contributed by atoms with van der Waals surface area (Å²) in [7, 11) is -4.29. The molecule has 0 unspecified atom stereocenters. The van der Waals surface area contributed by atoms with Gasteiger partial charge in [0, 0.05) is 29.6 Å². The summed E-state index contributed by atoms with van der Waals surface area (Å²) in [5, 5.41) is 3.34. The molecule has 0 bridgehead atoms. The van der Waals surface area contributed by atoms with Gasteiger partial charge in [-0.2, -0.15) is 0 Å². The summed E-state index contributed by atoms with van der Waals surface area (Å²) in [6, 6.07) is 24.8. The Balaban J connectivity index is 1.83. The normalized spacial score (nSPS) is 12.7. The van der Waals surface area contributed by atoms with Gasteiger partial charge in [0.05, 0.1) is 10.6 Å². The van der Waals surface area contributed by atoms with Gasteiger partial charge in [-0.25, -0.2) is 12.8 Å². The number of hydrogen-bond acceptors (Lipinski definition) is 4. The Bertz CT molecular complexity index is 1770. The number of carbonyl (C=O) groups excluding carboxylic acids is 2. The summed E-state index contributed by atoms with van der Waals surface area (Å²) in [6.07, 6.45) is 0.793. The van der Waals surface area contributed by atoms with Crippen molar-refractivity contribution >= 4 is 39.1 Å². The molecular weight excluding hydrogens is 625 g/mol. The molecular formula is C36H39ClFN3O4S. The molecule has 0 aliphatic carbocycles. The first-order valence-corrected chi connectivity index (χ1v) is 16.9. The third-order valence-electron chi connectivity index (χ3n) is 8.03. The Kier molecular flexibility index (Phi) is 11.6. The lowest BCUT2D eigenvalue weighted by molar-refractivity contribution is -0.140. The number of sulfonamides is 1. The summed E-state index contributed by atoms with van der Waals surface area (Å²) in [4.78, 5) is 29.6. The van der Waals surface area contributed by atoms with E-state index < -0.39 is 40.2 Å². The Labute approximate surface area is 276 Å². The molecule has 46 heavy (non-hydrogen) atoms. The lowest BCUT2D eigenvalue weighted by Crippen LogP contribution is -2.54. The molecule has 0 fully saturated rings. The molecule has 242 valence electrons. The van der Waals surface area contributed by atoms with Crippen LogP contribution in [0.5, 0.6) is 0 Å². The van der Waals surface area contributed by atoms with Crippen molar-refractivity contribution in [1.29, 1.82) is 0 Å². The van der Waals surface area contributed by atoms with Crippen molar-refractivity contribution in [2.45, 2.75) is 64.1 Å². The second-order valence-electron chi connectivity index (χ2n) is 11.4. The molecule has 0 aliphatic heterocycles. The Morgan fingerprint density at radius 2 is 1.54 bits per heavy atom. The molecule has 0 aromatic heterocycles. The zero-order chi connectivity index (χ0) is 33.4. The van der Waals surface area contributed by atoms with E-state index in [1.165, 1.54) is 35.2 Å². The minimum atomic E-state index is -4.29. The van der Waals surface area contributed by atoms with Gasteiger partial charge in [0.2, 0.25) is 11.8 Å². The minimum Gasteiger partial charge on any atom is -0.352 e. The number of rotatable bonds is 13. The molecule has 10 heteroatoms. The van der Waals surface area contributed by atoms with E-state index in [9.17, 15) is 18.0 Å². The number of benzene rings is 4. The zero-order valence-electron chi connectivity index (χ0n) is 26.4. The number of hydrogen-bond donors (Lipinski definition) is 1. The van der Waals surface area contributed by atoms with Crippen molar-refractivity contribution in [3.63, 3.8) is 0 Å². The van der Waals surface area contributed by atoms with Crippen LogP contribution in [0.1, 0.15) is 42.5 Å². The molecule has 0 heterocycles. The second-order valence-corrected chi connectivity index (χ2v) is 13.7. The summed E-state index contributed by atoms with van der Waals surface area (Å²) >= 11 is 6.05. The van der Waals surface area contributed by atoms with Gasteiger partial charge in [-0.05, 0) is 86.3 Å². The maximum atomic E-state index is 15.1. The quantitative estimate of drug-likeness (QED) is 0.170. The molecule has 0 saturated carbocycles. The van der Waals surface area contributed by atoms with Crippen LogP contribution in [0.15, 0.2) is 102 Å². The topological polar surface area (TPSA) is 86.8 Å². The van der Waals surface area contributed by atoms with Crippen molar-refractivity contribution in [1.82, 2.24) is 10.2 Å². The van der Waals surface area contributed by atoms with Crippen LogP contribution in [0.25, 0.3) is 0 Å². The fourth-order valence-corrected chi connectivity index (χ4v) is 6.48. The average Bonchev–Trinajstić information content (AvgIpc) is 3.04. The molecule has 0 spiro atoms. The average molecular weight is 664 g/mol. The zero-order valence-corrected chi connectivity index (χ0v) is 28.0. The maximum absolute atomic E-state index is 15.1. The molecule has 0 aliphatic rings. The largest absolute Gasteiger partial charge is 0.352 e. The van der Waals surface area contributed by atoms with Crippen molar-refractivity contribution in [2.24, 2.45) is 0 Å². The van der Waals surface area contributed by atoms with Crippen LogP contribution < -0.4 is 9.62 Å². The van der Waals surface area contributed by atoms with E-state index in [4.69, 9.17) is 11.6 Å². The fraction of sp³-hybridized carbons (Fsp3) is 0.278.